The van der Waals surface area contributed by atoms with Gasteiger partial charge in [0.25, 0.3) is 0 Å². The van der Waals surface area contributed by atoms with Crippen molar-refractivity contribution in [1.82, 2.24) is 4.98 Å². The molecule has 1 N–H and O–H groups in total. The molecule has 2 aromatic rings. The number of aliphatic hydroxyl groups is 1. The summed E-state index contributed by atoms with van der Waals surface area (Å²) in [5.41, 5.74) is 2.17. The van der Waals surface area contributed by atoms with Crippen LogP contribution in [0, 0.1) is 0 Å². The Hall–Kier alpha value is -0.900. The molecule has 1 heterocycles. The van der Waals surface area contributed by atoms with Crippen LogP contribution in [0.15, 0.2) is 29.6 Å². The van der Waals surface area contributed by atoms with E-state index >= 15 is 0 Å². The fraction of sp³-hybridized carbons (Fsp3) is 0.250. The monoisotopic (exact) mass is 253 g/mol. The van der Waals surface area contributed by atoms with Crippen molar-refractivity contribution in [3.8, 4) is 0 Å². The molecular formula is C12H12ClNOS. The Labute approximate surface area is 104 Å². The standard InChI is InChI=1S/C12H12ClNOS/c13-10-3-1-9(2-4-10)7-12-14-11(5-6-15)8-16-12/h1-4,8,15H,5-7H2. The van der Waals surface area contributed by atoms with Gasteiger partial charge >= 0.3 is 0 Å². The van der Waals surface area contributed by atoms with Gasteiger partial charge in [-0.25, -0.2) is 4.98 Å². The number of aliphatic hydroxyl groups excluding tert-OH is 1. The van der Waals surface area contributed by atoms with Crippen LogP contribution in [0.2, 0.25) is 5.02 Å². The zero-order valence-corrected chi connectivity index (χ0v) is 10.3. The molecule has 0 aliphatic rings. The lowest BCUT2D eigenvalue weighted by molar-refractivity contribution is 0.298. The Morgan fingerprint density at radius 3 is 2.69 bits per heavy atom. The second-order valence-electron chi connectivity index (χ2n) is 3.51. The average molecular weight is 254 g/mol. The summed E-state index contributed by atoms with van der Waals surface area (Å²) in [5.74, 6) is 0. The number of benzene rings is 1. The quantitative estimate of drug-likeness (QED) is 0.909. The summed E-state index contributed by atoms with van der Waals surface area (Å²) in [6, 6.07) is 7.79. The van der Waals surface area contributed by atoms with Crippen LogP contribution in [0.5, 0.6) is 0 Å². The number of aromatic nitrogens is 1. The Morgan fingerprint density at radius 2 is 2.00 bits per heavy atom. The van der Waals surface area contributed by atoms with E-state index in [1.54, 1.807) is 11.3 Å². The van der Waals surface area contributed by atoms with Crippen LogP contribution in [-0.2, 0) is 12.8 Å². The molecule has 0 amide bonds. The van der Waals surface area contributed by atoms with Crippen molar-refractivity contribution in [3.05, 3.63) is 50.9 Å². The van der Waals surface area contributed by atoms with Gasteiger partial charge in [-0.05, 0) is 17.7 Å². The third-order valence-corrected chi connectivity index (χ3v) is 3.39. The van der Waals surface area contributed by atoms with Crippen molar-refractivity contribution in [2.45, 2.75) is 12.8 Å². The third kappa shape index (κ3) is 3.04. The average Bonchev–Trinajstić information content (AvgIpc) is 2.70. The van der Waals surface area contributed by atoms with Crippen LogP contribution in [0.1, 0.15) is 16.3 Å². The number of rotatable bonds is 4. The number of nitrogens with zero attached hydrogens (tertiary/aromatic N) is 1. The first-order chi connectivity index (χ1) is 7.78. The molecule has 4 heteroatoms. The molecule has 0 spiro atoms. The molecule has 84 valence electrons. The van der Waals surface area contributed by atoms with Crippen molar-refractivity contribution < 1.29 is 5.11 Å². The fourth-order valence-electron chi connectivity index (χ4n) is 1.44. The number of halogens is 1. The van der Waals surface area contributed by atoms with E-state index in [1.807, 2.05) is 29.6 Å². The molecule has 0 bridgehead atoms. The Morgan fingerprint density at radius 1 is 1.25 bits per heavy atom. The molecule has 2 rings (SSSR count). The maximum Gasteiger partial charge on any atom is 0.0972 e. The van der Waals surface area contributed by atoms with Crippen molar-refractivity contribution in [2.75, 3.05) is 6.61 Å². The van der Waals surface area contributed by atoms with Gasteiger partial charge in [0.05, 0.1) is 10.7 Å². The lowest BCUT2D eigenvalue weighted by Crippen LogP contribution is -1.92. The minimum absolute atomic E-state index is 0.157. The number of hydrogen-bond acceptors (Lipinski definition) is 3. The molecule has 0 fully saturated rings. The molecule has 0 saturated carbocycles. The first-order valence-corrected chi connectivity index (χ1v) is 6.32. The highest BCUT2D eigenvalue weighted by molar-refractivity contribution is 7.09. The molecule has 0 saturated heterocycles. The van der Waals surface area contributed by atoms with Gasteiger partial charge in [-0.15, -0.1) is 11.3 Å². The first kappa shape index (κ1) is 11.6. The lowest BCUT2D eigenvalue weighted by atomic mass is 10.2. The highest BCUT2D eigenvalue weighted by atomic mass is 35.5. The highest BCUT2D eigenvalue weighted by Crippen LogP contribution is 2.17. The summed E-state index contributed by atoms with van der Waals surface area (Å²) < 4.78 is 0. The van der Waals surface area contributed by atoms with Gasteiger partial charge in [0.15, 0.2) is 0 Å². The van der Waals surface area contributed by atoms with E-state index < -0.39 is 0 Å². The van der Waals surface area contributed by atoms with E-state index in [2.05, 4.69) is 4.98 Å². The lowest BCUT2D eigenvalue weighted by Gasteiger charge is -1.97. The Kier molecular flexibility index (Phi) is 3.93. The highest BCUT2D eigenvalue weighted by Gasteiger charge is 2.02. The fourth-order valence-corrected chi connectivity index (χ4v) is 2.42. The maximum absolute atomic E-state index is 8.80. The second kappa shape index (κ2) is 5.43. The largest absolute Gasteiger partial charge is 0.396 e. The summed E-state index contributed by atoms with van der Waals surface area (Å²) in [6.07, 6.45) is 1.46. The molecular weight excluding hydrogens is 242 g/mol. The van der Waals surface area contributed by atoms with Gasteiger partial charge in [-0.3, -0.25) is 0 Å². The first-order valence-electron chi connectivity index (χ1n) is 5.06. The molecule has 0 atom stereocenters. The molecule has 16 heavy (non-hydrogen) atoms. The summed E-state index contributed by atoms with van der Waals surface area (Å²) >= 11 is 7.45. The third-order valence-electron chi connectivity index (χ3n) is 2.24. The molecule has 1 aromatic heterocycles. The van der Waals surface area contributed by atoms with Crippen molar-refractivity contribution >= 4 is 22.9 Å². The van der Waals surface area contributed by atoms with Crippen molar-refractivity contribution in [3.63, 3.8) is 0 Å². The number of hydrogen-bond donors (Lipinski definition) is 1. The van der Waals surface area contributed by atoms with Crippen LogP contribution in [0.25, 0.3) is 0 Å². The summed E-state index contributed by atoms with van der Waals surface area (Å²) in [5, 5.41) is 12.6. The van der Waals surface area contributed by atoms with Crippen LogP contribution in [-0.4, -0.2) is 16.7 Å². The Balaban J connectivity index is 2.05. The van der Waals surface area contributed by atoms with Gasteiger partial charge in [-0.2, -0.15) is 0 Å². The van der Waals surface area contributed by atoms with Gasteiger partial charge < -0.3 is 5.11 Å². The Bertz CT molecular complexity index is 452. The van der Waals surface area contributed by atoms with Crippen molar-refractivity contribution in [1.29, 1.82) is 0 Å². The second-order valence-corrected chi connectivity index (χ2v) is 4.89. The van der Waals surface area contributed by atoms with E-state index in [1.165, 1.54) is 5.56 Å². The van der Waals surface area contributed by atoms with E-state index in [0.717, 1.165) is 22.1 Å². The van der Waals surface area contributed by atoms with E-state index in [0.29, 0.717) is 6.42 Å². The van der Waals surface area contributed by atoms with Crippen LogP contribution >= 0.6 is 22.9 Å². The zero-order chi connectivity index (χ0) is 11.4. The minimum atomic E-state index is 0.157. The van der Waals surface area contributed by atoms with Gasteiger partial charge in [0.2, 0.25) is 0 Å². The van der Waals surface area contributed by atoms with Crippen molar-refractivity contribution in [2.24, 2.45) is 0 Å². The maximum atomic E-state index is 8.80. The molecule has 1 aromatic carbocycles. The molecule has 0 radical (unpaired) electrons. The van der Waals surface area contributed by atoms with Gasteiger partial charge in [-0.1, -0.05) is 23.7 Å². The minimum Gasteiger partial charge on any atom is -0.396 e. The van der Waals surface area contributed by atoms with Crippen LogP contribution in [0.3, 0.4) is 0 Å². The van der Waals surface area contributed by atoms with Crippen LogP contribution < -0.4 is 0 Å². The predicted molar refractivity (Wildman–Crippen MR) is 67.2 cm³/mol. The topological polar surface area (TPSA) is 33.1 Å². The molecule has 0 unspecified atom stereocenters. The summed E-state index contributed by atoms with van der Waals surface area (Å²) in [4.78, 5) is 4.44. The SMILES string of the molecule is OCCc1csc(Cc2ccc(Cl)cc2)n1. The predicted octanol–water partition coefficient (Wildman–Crippen LogP) is 2.92. The van der Waals surface area contributed by atoms with Crippen LogP contribution in [0.4, 0.5) is 0 Å². The van der Waals surface area contributed by atoms with E-state index in [4.69, 9.17) is 16.7 Å². The summed E-state index contributed by atoms with van der Waals surface area (Å²) in [6.45, 7) is 0.157. The molecule has 2 nitrogen and oxygen atoms in total. The van der Waals surface area contributed by atoms with Gasteiger partial charge in [0, 0.05) is 29.9 Å². The smallest absolute Gasteiger partial charge is 0.0972 e. The van der Waals surface area contributed by atoms with Gasteiger partial charge in [0.1, 0.15) is 0 Å². The molecule has 0 aliphatic heterocycles. The summed E-state index contributed by atoms with van der Waals surface area (Å²) in [7, 11) is 0. The van der Waals surface area contributed by atoms with E-state index in [-0.39, 0.29) is 6.61 Å². The number of thiazole rings is 1. The van der Waals surface area contributed by atoms with E-state index in [9.17, 15) is 0 Å². The zero-order valence-electron chi connectivity index (χ0n) is 8.69. The molecule has 0 aliphatic carbocycles. The normalized spacial score (nSPS) is 10.6.